The summed E-state index contributed by atoms with van der Waals surface area (Å²) in [7, 11) is 1.54. The van der Waals surface area contributed by atoms with Gasteiger partial charge in [0.1, 0.15) is 5.54 Å². The summed E-state index contributed by atoms with van der Waals surface area (Å²) in [5, 5.41) is 20.6. The molecule has 2 N–H and O–H groups in total. The molecule has 1 aliphatic carbocycles. The van der Waals surface area contributed by atoms with Crippen molar-refractivity contribution in [2.24, 2.45) is 5.92 Å². The van der Waals surface area contributed by atoms with Crippen molar-refractivity contribution in [1.82, 2.24) is 4.90 Å². The summed E-state index contributed by atoms with van der Waals surface area (Å²) in [6.45, 7) is 13.8. The number of hydrogen-bond donors (Lipinski definition) is 2. The molecule has 38 heavy (non-hydrogen) atoms. The normalized spacial score (nSPS) is 16.3. The molecule has 3 rings (SSSR count). The number of carbonyl (C=O) groups is 2. The molecule has 1 aliphatic rings. The van der Waals surface area contributed by atoms with Gasteiger partial charge in [0, 0.05) is 18.0 Å². The number of rotatable bonds is 10. The van der Waals surface area contributed by atoms with Gasteiger partial charge in [-0.3, -0.25) is 4.79 Å². The fourth-order valence-electron chi connectivity index (χ4n) is 6.23. The predicted molar refractivity (Wildman–Crippen MR) is 154 cm³/mol. The van der Waals surface area contributed by atoms with Crippen molar-refractivity contribution in [3.63, 3.8) is 0 Å². The SMILES string of the molecule is CCC(CC)(c1ccc(CC(C)C2(O)CCCC2)c(C)c1)c1ccc(C(=O)N(C)C(C)(C)C(=O)O)c(C)c1. The van der Waals surface area contributed by atoms with E-state index in [0.29, 0.717) is 5.56 Å². The third kappa shape index (κ3) is 5.40. The zero-order chi connectivity index (χ0) is 28.5. The third-order valence-electron chi connectivity index (χ3n) is 9.69. The lowest BCUT2D eigenvalue weighted by atomic mass is 9.69. The van der Waals surface area contributed by atoms with Gasteiger partial charge in [-0.1, -0.05) is 63.9 Å². The number of amides is 1. The largest absolute Gasteiger partial charge is 0.480 e. The van der Waals surface area contributed by atoms with Crippen molar-refractivity contribution in [2.75, 3.05) is 7.05 Å². The minimum Gasteiger partial charge on any atom is -0.480 e. The van der Waals surface area contributed by atoms with Gasteiger partial charge in [-0.05, 0) is 99.6 Å². The van der Waals surface area contributed by atoms with Crippen LogP contribution < -0.4 is 0 Å². The molecule has 0 saturated heterocycles. The van der Waals surface area contributed by atoms with Gasteiger partial charge in [0.05, 0.1) is 5.60 Å². The summed E-state index contributed by atoms with van der Waals surface area (Å²) >= 11 is 0. The van der Waals surface area contributed by atoms with E-state index in [1.54, 1.807) is 7.05 Å². The molecule has 0 spiro atoms. The van der Waals surface area contributed by atoms with Crippen LogP contribution in [0.2, 0.25) is 0 Å². The Bertz CT molecular complexity index is 1170. The zero-order valence-corrected chi connectivity index (χ0v) is 24.6. The van der Waals surface area contributed by atoms with Gasteiger partial charge >= 0.3 is 5.97 Å². The van der Waals surface area contributed by atoms with Gasteiger partial charge < -0.3 is 15.1 Å². The number of aliphatic hydroxyl groups is 1. The Balaban J connectivity index is 1.93. The Hall–Kier alpha value is -2.66. The maximum absolute atomic E-state index is 13.2. The molecule has 0 aliphatic heterocycles. The number of aryl methyl sites for hydroxylation is 2. The van der Waals surface area contributed by atoms with Crippen molar-refractivity contribution in [3.05, 3.63) is 69.8 Å². The van der Waals surface area contributed by atoms with Crippen molar-refractivity contribution in [2.45, 2.75) is 110 Å². The van der Waals surface area contributed by atoms with Crippen LogP contribution in [0.4, 0.5) is 0 Å². The lowest BCUT2D eigenvalue weighted by Crippen LogP contribution is -2.50. The molecule has 1 unspecified atom stereocenters. The number of carboxylic acid groups (broad SMARTS) is 1. The standard InChI is InChI=1S/C33H47NO4/c1-9-32(10-2,26-14-13-25(22(3)19-26)21-24(5)33(38)17-11-12-18-33)27-15-16-28(23(4)20-27)29(35)34(8)31(6,7)30(36)37/h13-16,19-20,24,38H,9-12,17-18,21H2,1-8H3,(H,36,37). The van der Waals surface area contributed by atoms with E-state index in [1.165, 1.54) is 35.4 Å². The van der Waals surface area contributed by atoms with Gasteiger partial charge in [-0.15, -0.1) is 0 Å². The Labute approximate surface area is 229 Å². The Morgan fingerprint density at radius 3 is 1.97 bits per heavy atom. The summed E-state index contributed by atoms with van der Waals surface area (Å²) in [5.41, 5.74) is 4.31. The van der Waals surface area contributed by atoms with E-state index in [1.807, 2.05) is 19.1 Å². The Morgan fingerprint density at radius 2 is 1.50 bits per heavy atom. The highest BCUT2D eigenvalue weighted by atomic mass is 16.4. The molecular formula is C33H47NO4. The number of carbonyl (C=O) groups excluding carboxylic acids is 1. The van der Waals surface area contributed by atoms with Crippen LogP contribution >= 0.6 is 0 Å². The number of likely N-dealkylation sites (N-methyl/N-ethyl adjacent to an activating group) is 1. The summed E-state index contributed by atoms with van der Waals surface area (Å²) < 4.78 is 0. The highest BCUT2D eigenvalue weighted by molar-refractivity contribution is 5.98. The van der Waals surface area contributed by atoms with Crippen LogP contribution in [0.5, 0.6) is 0 Å². The third-order valence-corrected chi connectivity index (χ3v) is 9.69. The smallest absolute Gasteiger partial charge is 0.329 e. The second-order valence-electron chi connectivity index (χ2n) is 12.1. The summed E-state index contributed by atoms with van der Waals surface area (Å²) in [6.07, 6.45) is 6.75. The Morgan fingerprint density at radius 1 is 0.974 bits per heavy atom. The molecule has 1 saturated carbocycles. The lowest BCUT2D eigenvalue weighted by molar-refractivity contribution is -0.147. The van der Waals surface area contributed by atoms with E-state index < -0.39 is 17.1 Å². The zero-order valence-electron chi connectivity index (χ0n) is 24.6. The summed E-state index contributed by atoms with van der Waals surface area (Å²) in [6, 6.07) is 12.8. The molecule has 0 radical (unpaired) electrons. The lowest BCUT2D eigenvalue weighted by Gasteiger charge is -2.35. The first-order valence-corrected chi connectivity index (χ1v) is 14.2. The van der Waals surface area contributed by atoms with E-state index in [0.717, 1.165) is 56.1 Å². The molecule has 208 valence electrons. The van der Waals surface area contributed by atoms with Crippen LogP contribution in [0.25, 0.3) is 0 Å². The van der Waals surface area contributed by atoms with E-state index in [9.17, 15) is 19.8 Å². The highest BCUT2D eigenvalue weighted by Crippen LogP contribution is 2.41. The van der Waals surface area contributed by atoms with Crippen LogP contribution in [0.1, 0.15) is 111 Å². The molecule has 1 atom stereocenters. The van der Waals surface area contributed by atoms with E-state index >= 15 is 0 Å². The summed E-state index contributed by atoms with van der Waals surface area (Å²) in [4.78, 5) is 26.2. The maximum atomic E-state index is 13.2. The van der Waals surface area contributed by atoms with Crippen LogP contribution in [0, 0.1) is 19.8 Å². The number of nitrogens with zero attached hydrogens (tertiary/aromatic N) is 1. The van der Waals surface area contributed by atoms with Crippen LogP contribution in [0.3, 0.4) is 0 Å². The minimum atomic E-state index is -1.30. The molecule has 1 amide bonds. The number of benzene rings is 2. The second kappa shape index (κ2) is 11.2. The van der Waals surface area contributed by atoms with E-state index in [2.05, 4.69) is 52.0 Å². The first-order valence-electron chi connectivity index (χ1n) is 14.2. The van der Waals surface area contributed by atoms with Crippen LogP contribution in [-0.4, -0.2) is 45.2 Å². The number of hydrogen-bond acceptors (Lipinski definition) is 3. The quantitative estimate of drug-likeness (QED) is 0.359. The minimum absolute atomic E-state index is 0.197. The van der Waals surface area contributed by atoms with Crippen LogP contribution in [0.15, 0.2) is 36.4 Å². The van der Waals surface area contributed by atoms with E-state index in [4.69, 9.17) is 0 Å². The van der Waals surface area contributed by atoms with Gasteiger partial charge in [0.25, 0.3) is 5.91 Å². The monoisotopic (exact) mass is 521 g/mol. The predicted octanol–water partition coefficient (Wildman–Crippen LogP) is 6.83. The molecule has 1 fully saturated rings. The molecule has 2 aromatic rings. The van der Waals surface area contributed by atoms with Gasteiger partial charge in [-0.2, -0.15) is 0 Å². The molecule has 5 heteroatoms. The molecule has 0 aromatic heterocycles. The molecule has 0 bridgehead atoms. The van der Waals surface area contributed by atoms with Crippen LogP contribution in [-0.2, 0) is 16.6 Å². The fourth-order valence-corrected chi connectivity index (χ4v) is 6.23. The maximum Gasteiger partial charge on any atom is 0.329 e. The average molecular weight is 522 g/mol. The van der Waals surface area contributed by atoms with Crippen molar-refractivity contribution in [1.29, 1.82) is 0 Å². The van der Waals surface area contributed by atoms with Crippen molar-refractivity contribution < 1.29 is 19.8 Å². The number of carboxylic acids is 1. The fraction of sp³-hybridized carbons (Fsp3) is 0.576. The topological polar surface area (TPSA) is 77.8 Å². The van der Waals surface area contributed by atoms with Gasteiger partial charge in [-0.25, -0.2) is 4.79 Å². The molecule has 2 aromatic carbocycles. The number of aliphatic carboxylic acids is 1. The highest BCUT2D eigenvalue weighted by Gasteiger charge is 2.38. The van der Waals surface area contributed by atoms with Crippen molar-refractivity contribution >= 4 is 11.9 Å². The average Bonchev–Trinajstić information content (AvgIpc) is 3.33. The first-order chi connectivity index (χ1) is 17.7. The van der Waals surface area contributed by atoms with Gasteiger partial charge in [0.2, 0.25) is 0 Å². The second-order valence-corrected chi connectivity index (χ2v) is 12.1. The molecule has 0 heterocycles. The molecular weight excluding hydrogens is 474 g/mol. The first kappa shape index (κ1) is 29.9. The molecule has 5 nitrogen and oxygen atoms in total. The summed E-state index contributed by atoms with van der Waals surface area (Å²) in [5.74, 6) is -1.10. The van der Waals surface area contributed by atoms with E-state index in [-0.39, 0.29) is 17.2 Å². The van der Waals surface area contributed by atoms with Gasteiger partial charge in [0.15, 0.2) is 0 Å². The Kier molecular flexibility index (Phi) is 8.82. The van der Waals surface area contributed by atoms with Crippen molar-refractivity contribution in [3.8, 4) is 0 Å².